The summed E-state index contributed by atoms with van der Waals surface area (Å²) in [6, 6.07) is 15.7. The van der Waals surface area contributed by atoms with E-state index in [2.05, 4.69) is 16.6 Å². The molecule has 4 nitrogen and oxygen atoms in total. The zero-order chi connectivity index (χ0) is 17.5. The molecule has 0 aliphatic rings. The fraction of sp³-hybridized carbons (Fsp3) is 0.300. The fourth-order valence-electron chi connectivity index (χ4n) is 2.46. The van der Waals surface area contributed by atoms with E-state index < -0.39 is 0 Å². The van der Waals surface area contributed by atoms with Crippen molar-refractivity contribution in [1.29, 1.82) is 0 Å². The zero-order valence-corrected chi connectivity index (χ0v) is 14.7. The summed E-state index contributed by atoms with van der Waals surface area (Å²) in [4.78, 5) is 12.0. The maximum absolute atomic E-state index is 12.0. The van der Waals surface area contributed by atoms with Gasteiger partial charge in [0.2, 0.25) is 0 Å². The van der Waals surface area contributed by atoms with Gasteiger partial charge in [-0.2, -0.15) is 5.10 Å². The molecule has 0 atom stereocenters. The van der Waals surface area contributed by atoms with Crippen LogP contribution in [-0.4, -0.2) is 18.2 Å². The number of hydrazone groups is 1. The second-order valence-electron chi connectivity index (χ2n) is 6.16. The van der Waals surface area contributed by atoms with Crippen molar-refractivity contribution in [2.75, 3.05) is 6.61 Å². The van der Waals surface area contributed by atoms with Gasteiger partial charge >= 0.3 is 0 Å². The summed E-state index contributed by atoms with van der Waals surface area (Å²) in [6.07, 6.45) is 0. The van der Waals surface area contributed by atoms with E-state index in [0.29, 0.717) is 5.75 Å². The molecule has 0 saturated carbocycles. The van der Waals surface area contributed by atoms with E-state index in [4.69, 9.17) is 4.74 Å². The third kappa shape index (κ3) is 5.23. The van der Waals surface area contributed by atoms with Gasteiger partial charge < -0.3 is 4.74 Å². The van der Waals surface area contributed by atoms with E-state index >= 15 is 0 Å². The van der Waals surface area contributed by atoms with Crippen molar-refractivity contribution in [3.63, 3.8) is 0 Å². The highest BCUT2D eigenvalue weighted by Crippen LogP contribution is 2.16. The molecular formula is C20H24N2O2. The Kier molecular flexibility index (Phi) is 6.13. The lowest BCUT2D eigenvalue weighted by Crippen LogP contribution is -2.27. The smallest absolute Gasteiger partial charge is 0.277 e. The third-order valence-corrected chi connectivity index (χ3v) is 3.48. The van der Waals surface area contributed by atoms with Gasteiger partial charge in [0.25, 0.3) is 5.91 Å². The van der Waals surface area contributed by atoms with Crippen LogP contribution in [0.2, 0.25) is 0 Å². The number of nitrogens with zero attached hydrogens (tertiary/aromatic N) is 1. The van der Waals surface area contributed by atoms with Crippen LogP contribution in [0.4, 0.5) is 0 Å². The van der Waals surface area contributed by atoms with Crippen LogP contribution in [0.1, 0.15) is 30.5 Å². The first-order chi connectivity index (χ1) is 11.5. The Bertz CT molecular complexity index is 701. The van der Waals surface area contributed by atoms with Crippen molar-refractivity contribution < 1.29 is 9.53 Å². The number of carbonyl (C=O) groups is 1. The first kappa shape index (κ1) is 17.7. The Morgan fingerprint density at radius 3 is 2.29 bits per heavy atom. The van der Waals surface area contributed by atoms with Crippen LogP contribution in [0.5, 0.6) is 5.75 Å². The molecule has 0 aromatic heterocycles. The summed E-state index contributed by atoms with van der Waals surface area (Å²) >= 11 is 0. The summed E-state index contributed by atoms with van der Waals surface area (Å²) in [7, 11) is 0. The quantitative estimate of drug-likeness (QED) is 0.648. The fourth-order valence-corrected chi connectivity index (χ4v) is 2.46. The number of benzene rings is 2. The monoisotopic (exact) mass is 324 g/mol. The number of amides is 1. The van der Waals surface area contributed by atoms with E-state index in [-0.39, 0.29) is 18.4 Å². The van der Waals surface area contributed by atoms with Crippen LogP contribution in [0.25, 0.3) is 0 Å². The molecule has 0 unspecified atom stereocenters. The second kappa shape index (κ2) is 8.29. The molecule has 0 heterocycles. The van der Waals surface area contributed by atoms with Gasteiger partial charge in [0, 0.05) is 0 Å². The number of rotatable bonds is 6. The molecule has 0 aliphatic heterocycles. The Balaban J connectivity index is 1.98. The molecule has 0 fully saturated rings. The molecule has 0 saturated heterocycles. The SMILES string of the molecule is Cc1cc(C)cc(OCC(=O)N/N=C(/c2ccccc2)C(C)C)c1. The standard InChI is InChI=1S/C20H24N2O2/c1-14(2)20(17-8-6-5-7-9-17)22-21-19(23)13-24-18-11-15(3)10-16(4)12-18/h5-12,14H,13H2,1-4H3,(H,21,23)/b22-20+. The number of aryl methyl sites for hydroxylation is 2. The number of hydrogen-bond donors (Lipinski definition) is 1. The summed E-state index contributed by atoms with van der Waals surface area (Å²) in [5, 5.41) is 4.28. The van der Waals surface area contributed by atoms with Crippen molar-refractivity contribution in [3.8, 4) is 5.75 Å². The average molecular weight is 324 g/mol. The molecule has 0 aliphatic carbocycles. The molecule has 126 valence electrons. The van der Waals surface area contributed by atoms with Crippen molar-refractivity contribution in [2.45, 2.75) is 27.7 Å². The predicted octanol–water partition coefficient (Wildman–Crippen LogP) is 3.86. The Morgan fingerprint density at radius 2 is 1.71 bits per heavy atom. The summed E-state index contributed by atoms with van der Waals surface area (Å²) < 4.78 is 5.55. The van der Waals surface area contributed by atoms with Crippen molar-refractivity contribution in [1.82, 2.24) is 5.43 Å². The lowest BCUT2D eigenvalue weighted by atomic mass is 10.0. The van der Waals surface area contributed by atoms with Crippen LogP contribution in [-0.2, 0) is 4.79 Å². The maximum Gasteiger partial charge on any atom is 0.277 e. The number of hydrogen-bond acceptors (Lipinski definition) is 3. The number of carbonyl (C=O) groups excluding carboxylic acids is 1. The highest BCUT2D eigenvalue weighted by Gasteiger charge is 2.09. The number of ether oxygens (including phenoxy) is 1. The van der Waals surface area contributed by atoms with Gasteiger partial charge in [0.05, 0.1) is 5.71 Å². The minimum absolute atomic E-state index is 0.0629. The normalized spacial score (nSPS) is 11.5. The van der Waals surface area contributed by atoms with Gasteiger partial charge in [-0.1, -0.05) is 50.2 Å². The van der Waals surface area contributed by atoms with Crippen LogP contribution in [0, 0.1) is 19.8 Å². The molecule has 0 radical (unpaired) electrons. The largest absolute Gasteiger partial charge is 0.484 e. The van der Waals surface area contributed by atoms with Gasteiger partial charge in [0.1, 0.15) is 5.75 Å². The number of nitrogens with one attached hydrogen (secondary N) is 1. The molecule has 2 rings (SSSR count). The van der Waals surface area contributed by atoms with Gasteiger partial charge in [-0.3, -0.25) is 4.79 Å². The topological polar surface area (TPSA) is 50.7 Å². The second-order valence-corrected chi connectivity index (χ2v) is 6.16. The van der Waals surface area contributed by atoms with E-state index in [1.165, 1.54) is 0 Å². The molecule has 1 N–H and O–H groups in total. The molecule has 24 heavy (non-hydrogen) atoms. The van der Waals surface area contributed by atoms with Crippen LogP contribution in [0.15, 0.2) is 53.6 Å². The Labute approximate surface area is 143 Å². The molecule has 1 amide bonds. The first-order valence-corrected chi connectivity index (χ1v) is 8.08. The Hall–Kier alpha value is -2.62. The van der Waals surface area contributed by atoms with E-state index in [9.17, 15) is 4.79 Å². The molecule has 2 aromatic carbocycles. The van der Waals surface area contributed by atoms with Crippen molar-refractivity contribution in [3.05, 3.63) is 65.2 Å². The summed E-state index contributed by atoms with van der Waals surface area (Å²) in [6.45, 7) is 8.03. The average Bonchev–Trinajstić information content (AvgIpc) is 2.53. The van der Waals surface area contributed by atoms with Crippen LogP contribution >= 0.6 is 0 Å². The minimum atomic E-state index is -0.275. The van der Waals surface area contributed by atoms with Crippen molar-refractivity contribution in [2.24, 2.45) is 11.0 Å². The van der Waals surface area contributed by atoms with Crippen LogP contribution < -0.4 is 10.2 Å². The molecule has 0 bridgehead atoms. The third-order valence-electron chi connectivity index (χ3n) is 3.48. The lowest BCUT2D eigenvalue weighted by molar-refractivity contribution is -0.123. The maximum atomic E-state index is 12.0. The molecule has 4 heteroatoms. The highest BCUT2D eigenvalue weighted by molar-refractivity contribution is 6.02. The molecule has 2 aromatic rings. The van der Waals surface area contributed by atoms with E-state index in [0.717, 1.165) is 22.4 Å². The summed E-state index contributed by atoms with van der Waals surface area (Å²) in [5.74, 6) is 0.620. The van der Waals surface area contributed by atoms with Gasteiger partial charge in [-0.15, -0.1) is 0 Å². The first-order valence-electron chi connectivity index (χ1n) is 8.08. The Morgan fingerprint density at radius 1 is 1.08 bits per heavy atom. The molecular weight excluding hydrogens is 300 g/mol. The van der Waals surface area contributed by atoms with Crippen molar-refractivity contribution >= 4 is 11.6 Å². The minimum Gasteiger partial charge on any atom is -0.484 e. The zero-order valence-electron chi connectivity index (χ0n) is 14.7. The predicted molar refractivity (Wildman–Crippen MR) is 97.4 cm³/mol. The van der Waals surface area contributed by atoms with Gasteiger partial charge in [-0.25, -0.2) is 5.43 Å². The van der Waals surface area contributed by atoms with Gasteiger partial charge in [-0.05, 0) is 48.6 Å². The van der Waals surface area contributed by atoms with E-state index in [1.54, 1.807) is 0 Å². The lowest BCUT2D eigenvalue weighted by Gasteiger charge is -2.11. The van der Waals surface area contributed by atoms with Crippen LogP contribution in [0.3, 0.4) is 0 Å². The summed E-state index contributed by atoms with van der Waals surface area (Å²) in [5.41, 5.74) is 6.64. The molecule has 0 spiro atoms. The highest BCUT2D eigenvalue weighted by atomic mass is 16.5. The van der Waals surface area contributed by atoms with Gasteiger partial charge in [0.15, 0.2) is 6.61 Å². The van der Waals surface area contributed by atoms with E-state index in [1.807, 2.05) is 70.2 Å².